The Labute approximate surface area is 126 Å². The molecule has 106 valence electrons. The van der Waals surface area contributed by atoms with Crippen LogP contribution in [0, 0.1) is 0 Å². The summed E-state index contributed by atoms with van der Waals surface area (Å²) in [5.74, 6) is 0.426. The molecule has 0 bridgehead atoms. The highest BCUT2D eigenvalue weighted by Crippen LogP contribution is 2.28. The minimum Gasteiger partial charge on any atom is -0.495 e. The molecular formula is C14H16BrN3O2. The van der Waals surface area contributed by atoms with Crippen molar-refractivity contribution in [2.75, 3.05) is 12.4 Å². The predicted molar refractivity (Wildman–Crippen MR) is 81.2 cm³/mol. The van der Waals surface area contributed by atoms with Crippen LogP contribution in [-0.2, 0) is 13.5 Å². The highest BCUT2D eigenvalue weighted by atomic mass is 79.9. The summed E-state index contributed by atoms with van der Waals surface area (Å²) in [6, 6.07) is 5.46. The maximum Gasteiger partial charge on any atom is 0.259 e. The fraction of sp³-hybridized carbons (Fsp3) is 0.286. The second-order valence-electron chi connectivity index (χ2n) is 4.32. The van der Waals surface area contributed by atoms with E-state index in [2.05, 4.69) is 26.3 Å². The first-order chi connectivity index (χ1) is 9.55. The van der Waals surface area contributed by atoms with Gasteiger partial charge in [-0.15, -0.1) is 0 Å². The molecule has 5 nitrogen and oxygen atoms in total. The van der Waals surface area contributed by atoms with Gasteiger partial charge in [-0.25, -0.2) is 0 Å². The van der Waals surface area contributed by atoms with Crippen LogP contribution in [0.15, 0.2) is 28.9 Å². The highest BCUT2D eigenvalue weighted by Gasteiger charge is 2.16. The number of nitrogens with zero attached hydrogens (tertiary/aromatic N) is 2. The van der Waals surface area contributed by atoms with E-state index < -0.39 is 0 Å². The van der Waals surface area contributed by atoms with Crippen molar-refractivity contribution in [3.8, 4) is 5.75 Å². The number of aromatic nitrogens is 2. The number of hydrogen-bond donors (Lipinski definition) is 1. The second-order valence-corrected chi connectivity index (χ2v) is 5.23. The molecule has 0 fully saturated rings. The summed E-state index contributed by atoms with van der Waals surface area (Å²) >= 11 is 3.38. The zero-order valence-corrected chi connectivity index (χ0v) is 13.2. The van der Waals surface area contributed by atoms with Gasteiger partial charge in [0, 0.05) is 17.7 Å². The van der Waals surface area contributed by atoms with Crippen LogP contribution in [0.5, 0.6) is 5.75 Å². The summed E-state index contributed by atoms with van der Waals surface area (Å²) < 4.78 is 7.76. The average molecular weight is 338 g/mol. The van der Waals surface area contributed by atoms with E-state index in [9.17, 15) is 4.79 Å². The van der Waals surface area contributed by atoms with E-state index >= 15 is 0 Å². The van der Waals surface area contributed by atoms with Gasteiger partial charge in [-0.05, 0) is 24.6 Å². The number of methoxy groups -OCH3 is 1. The van der Waals surface area contributed by atoms with Gasteiger partial charge in [0.25, 0.3) is 5.91 Å². The molecule has 0 aliphatic rings. The highest BCUT2D eigenvalue weighted by molar-refractivity contribution is 9.10. The average Bonchev–Trinajstić information content (AvgIpc) is 2.80. The Morgan fingerprint density at radius 3 is 2.90 bits per heavy atom. The molecule has 0 atom stereocenters. The summed E-state index contributed by atoms with van der Waals surface area (Å²) in [5.41, 5.74) is 1.98. The molecule has 0 unspecified atom stereocenters. The van der Waals surface area contributed by atoms with Gasteiger partial charge >= 0.3 is 0 Å². The lowest BCUT2D eigenvalue weighted by Gasteiger charge is -2.10. The molecule has 6 heteroatoms. The van der Waals surface area contributed by atoms with Crippen molar-refractivity contribution in [2.45, 2.75) is 13.3 Å². The van der Waals surface area contributed by atoms with Crippen molar-refractivity contribution in [1.82, 2.24) is 9.78 Å². The number of ether oxygens (including phenoxy) is 1. The van der Waals surface area contributed by atoms with E-state index in [1.54, 1.807) is 37.2 Å². The molecule has 0 spiro atoms. The first-order valence-electron chi connectivity index (χ1n) is 6.22. The van der Waals surface area contributed by atoms with Gasteiger partial charge in [0.2, 0.25) is 0 Å². The van der Waals surface area contributed by atoms with Crippen LogP contribution >= 0.6 is 15.9 Å². The smallest absolute Gasteiger partial charge is 0.259 e. The number of carbonyl (C=O) groups is 1. The number of nitrogens with one attached hydrogen (secondary N) is 1. The molecule has 1 aromatic heterocycles. The van der Waals surface area contributed by atoms with Gasteiger partial charge in [0.15, 0.2) is 0 Å². The normalized spacial score (nSPS) is 10.4. The van der Waals surface area contributed by atoms with Crippen LogP contribution in [-0.4, -0.2) is 22.8 Å². The number of carbonyl (C=O) groups excluding carboxylic acids is 1. The molecule has 1 N–H and O–H groups in total. The fourth-order valence-corrected chi connectivity index (χ4v) is 2.31. The second kappa shape index (κ2) is 6.09. The lowest BCUT2D eigenvalue weighted by atomic mass is 10.2. The third-order valence-corrected chi connectivity index (χ3v) is 3.39. The molecule has 2 aromatic rings. The van der Waals surface area contributed by atoms with Gasteiger partial charge < -0.3 is 10.1 Å². The zero-order chi connectivity index (χ0) is 14.7. The summed E-state index contributed by atoms with van der Waals surface area (Å²) in [6.07, 6.45) is 2.43. The molecule has 2 rings (SSSR count). The standard InChI is InChI=1S/C14H16BrN3O2/c1-4-11-10(8-18(2)17-11)14(19)16-12-7-9(15)5-6-13(12)20-3/h5-8H,4H2,1-3H3,(H,16,19). The molecule has 1 amide bonds. The third kappa shape index (κ3) is 3.01. The Morgan fingerprint density at radius 1 is 1.50 bits per heavy atom. The van der Waals surface area contributed by atoms with Crippen LogP contribution in [0.2, 0.25) is 0 Å². The van der Waals surface area contributed by atoms with Crippen LogP contribution in [0.1, 0.15) is 23.0 Å². The van der Waals surface area contributed by atoms with Crippen LogP contribution in [0.3, 0.4) is 0 Å². The Balaban J connectivity index is 2.29. The lowest BCUT2D eigenvalue weighted by molar-refractivity contribution is 0.102. The van der Waals surface area contributed by atoms with Crippen molar-refractivity contribution in [1.29, 1.82) is 0 Å². The molecule has 20 heavy (non-hydrogen) atoms. The van der Waals surface area contributed by atoms with E-state index in [-0.39, 0.29) is 5.91 Å². The number of amides is 1. The SMILES string of the molecule is CCc1nn(C)cc1C(=O)Nc1cc(Br)ccc1OC. The molecule has 0 saturated heterocycles. The Kier molecular flexibility index (Phi) is 4.44. The lowest BCUT2D eigenvalue weighted by Crippen LogP contribution is -2.13. The van der Waals surface area contributed by atoms with Gasteiger partial charge in [-0.2, -0.15) is 5.10 Å². The number of anilines is 1. The molecule has 0 radical (unpaired) electrons. The van der Waals surface area contributed by atoms with Crippen molar-refractivity contribution < 1.29 is 9.53 Å². The quantitative estimate of drug-likeness (QED) is 0.932. The Hall–Kier alpha value is -1.82. The number of benzene rings is 1. The number of rotatable bonds is 4. The minimum absolute atomic E-state index is 0.189. The number of aryl methyl sites for hydroxylation is 2. The van der Waals surface area contributed by atoms with Gasteiger partial charge in [0.1, 0.15) is 5.75 Å². The van der Waals surface area contributed by atoms with E-state index in [4.69, 9.17) is 4.74 Å². The minimum atomic E-state index is -0.189. The molecule has 0 saturated carbocycles. The van der Waals surface area contributed by atoms with Crippen molar-refractivity contribution in [3.63, 3.8) is 0 Å². The van der Waals surface area contributed by atoms with Gasteiger partial charge in [-0.1, -0.05) is 22.9 Å². The first-order valence-corrected chi connectivity index (χ1v) is 7.01. The first kappa shape index (κ1) is 14.6. The molecule has 0 aliphatic heterocycles. The van der Waals surface area contributed by atoms with Crippen LogP contribution in [0.25, 0.3) is 0 Å². The monoisotopic (exact) mass is 337 g/mol. The molecule has 0 aliphatic carbocycles. The van der Waals surface area contributed by atoms with Gasteiger partial charge in [0.05, 0.1) is 24.1 Å². The van der Waals surface area contributed by atoms with Crippen LogP contribution < -0.4 is 10.1 Å². The Bertz CT molecular complexity index is 637. The number of hydrogen-bond acceptors (Lipinski definition) is 3. The number of halogens is 1. The van der Waals surface area contributed by atoms with Crippen molar-refractivity contribution in [3.05, 3.63) is 40.1 Å². The molecular weight excluding hydrogens is 322 g/mol. The summed E-state index contributed by atoms with van der Waals surface area (Å²) in [7, 11) is 3.37. The van der Waals surface area contributed by atoms with Gasteiger partial charge in [-0.3, -0.25) is 9.48 Å². The van der Waals surface area contributed by atoms with E-state index in [0.29, 0.717) is 23.4 Å². The summed E-state index contributed by atoms with van der Waals surface area (Å²) in [5, 5.41) is 7.13. The van der Waals surface area contributed by atoms with E-state index in [1.807, 2.05) is 13.0 Å². The largest absolute Gasteiger partial charge is 0.495 e. The van der Waals surface area contributed by atoms with Crippen LogP contribution in [0.4, 0.5) is 5.69 Å². The molecule has 1 aromatic carbocycles. The van der Waals surface area contributed by atoms with E-state index in [1.165, 1.54) is 0 Å². The maximum atomic E-state index is 12.4. The predicted octanol–water partition coefficient (Wildman–Crippen LogP) is 3.01. The summed E-state index contributed by atoms with van der Waals surface area (Å²) in [6.45, 7) is 1.97. The van der Waals surface area contributed by atoms with E-state index in [0.717, 1.165) is 10.2 Å². The zero-order valence-electron chi connectivity index (χ0n) is 11.6. The topological polar surface area (TPSA) is 56.2 Å². The van der Waals surface area contributed by atoms with Crippen molar-refractivity contribution in [2.24, 2.45) is 7.05 Å². The fourth-order valence-electron chi connectivity index (χ4n) is 1.95. The summed E-state index contributed by atoms with van der Waals surface area (Å²) in [4.78, 5) is 12.4. The van der Waals surface area contributed by atoms with Crippen molar-refractivity contribution >= 4 is 27.5 Å². The Morgan fingerprint density at radius 2 is 2.25 bits per heavy atom. The molecule has 1 heterocycles. The maximum absolute atomic E-state index is 12.4. The third-order valence-electron chi connectivity index (χ3n) is 2.89.